The molecule has 0 unspecified atom stereocenters. The zero-order valence-electron chi connectivity index (χ0n) is 8.42. The van der Waals surface area contributed by atoms with Crippen LogP contribution in [0.15, 0.2) is 18.5 Å². The van der Waals surface area contributed by atoms with Gasteiger partial charge in [0.25, 0.3) is 0 Å². The maximum atomic E-state index is 12.4. The van der Waals surface area contributed by atoms with Crippen molar-refractivity contribution in [3.05, 3.63) is 29.6 Å². The maximum Gasteiger partial charge on any atom is 0.417 e. The Balaban J connectivity index is 1.98. The molecule has 1 fully saturated rings. The molecule has 1 N–H and O–H groups in total. The summed E-state index contributed by atoms with van der Waals surface area (Å²) in [7, 11) is 0. The van der Waals surface area contributed by atoms with Crippen molar-refractivity contribution in [2.75, 3.05) is 13.1 Å². The second-order valence-corrected chi connectivity index (χ2v) is 3.67. The summed E-state index contributed by atoms with van der Waals surface area (Å²) in [4.78, 5) is 3.56. The molecule has 0 atom stereocenters. The number of nitrogens with zero attached hydrogens (tertiary/aromatic N) is 1. The first kappa shape index (κ1) is 11.3. The van der Waals surface area contributed by atoms with E-state index in [1.165, 1.54) is 6.20 Å². The minimum atomic E-state index is -4.35. The summed E-state index contributed by atoms with van der Waals surface area (Å²) in [5.74, 6) is 0. The number of rotatable bonds is 3. The number of halogens is 3. The van der Waals surface area contributed by atoms with Crippen LogP contribution in [0.5, 0.6) is 0 Å². The molecule has 88 valence electrons. The molecule has 1 saturated heterocycles. The average molecular weight is 232 g/mol. The minimum Gasteiger partial charge on any atom is -0.371 e. The van der Waals surface area contributed by atoms with E-state index in [4.69, 9.17) is 4.74 Å². The van der Waals surface area contributed by atoms with Crippen LogP contribution < -0.4 is 5.32 Å². The highest BCUT2D eigenvalue weighted by Crippen LogP contribution is 2.29. The van der Waals surface area contributed by atoms with Crippen LogP contribution in [0.3, 0.4) is 0 Å². The Labute approximate surface area is 90.6 Å². The summed E-state index contributed by atoms with van der Waals surface area (Å²) in [6.07, 6.45) is -2.04. The molecule has 0 amide bonds. The third-order valence-corrected chi connectivity index (χ3v) is 2.35. The summed E-state index contributed by atoms with van der Waals surface area (Å²) >= 11 is 0. The van der Waals surface area contributed by atoms with Gasteiger partial charge in [-0.15, -0.1) is 0 Å². The van der Waals surface area contributed by atoms with Gasteiger partial charge < -0.3 is 10.1 Å². The van der Waals surface area contributed by atoms with Crippen molar-refractivity contribution in [1.29, 1.82) is 0 Å². The summed E-state index contributed by atoms with van der Waals surface area (Å²) in [6.45, 7) is 1.68. The fraction of sp³-hybridized carbons (Fsp3) is 0.500. The second kappa shape index (κ2) is 4.39. The van der Waals surface area contributed by atoms with Gasteiger partial charge in [0.2, 0.25) is 0 Å². The lowest BCUT2D eigenvalue weighted by Gasteiger charge is -2.27. The van der Waals surface area contributed by atoms with Gasteiger partial charge in [-0.3, -0.25) is 4.98 Å². The molecule has 1 aromatic heterocycles. The Morgan fingerprint density at radius 2 is 2.12 bits per heavy atom. The van der Waals surface area contributed by atoms with Crippen LogP contribution in [0.25, 0.3) is 0 Å². The van der Waals surface area contributed by atoms with Gasteiger partial charge in [-0.2, -0.15) is 13.2 Å². The lowest BCUT2D eigenvalue weighted by molar-refractivity contribution is -0.137. The predicted octanol–water partition coefficient (Wildman–Crippen LogP) is 1.59. The van der Waals surface area contributed by atoms with Crippen LogP contribution >= 0.6 is 0 Å². The molecule has 6 heteroatoms. The van der Waals surface area contributed by atoms with Crippen LogP contribution in [-0.4, -0.2) is 24.2 Å². The molecule has 0 saturated carbocycles. The highest BCUT2D eigenvalue weighted by atomic mass is 19.4. The van der Waals surface area contributed by atoms with Gasteiger partial charge >= 0.3 is 6.18 Å². The van der Waals surface area contributed by atoms with Crippen LogP contribution in [0.4, 0.5) is 13.2 Å². The van der Waals surface area contributed by atoms with Crippen molar-refractivity contribution in [3.63, 3.8) is 0 Å². The van der Waals surface area contributed by atoms with E-state index in [2.05, 4.69) is 10.3 Å². The summed E-state index contributed by atoms with van der Waals surface area (Å²) in [5, 5.41) is 3.01. The van der Waals surface area contributed by atoms with Gasteiger partial charge in [0, 0.05) is 25.5 Å². The van der Waals surface area contributed by atoms with E-state index in [1.807, 2.05) is 0 Å². The first-order chi connectivity index (χ1) is 7.55. The third-order valence-electron chi connectivity index (χ3n) is 2.35. The molecule has 1 aliphatic rings. The lowest BCUT2D eigenvalue weighted by atomic mass is 10.2. The largest absolute Gasteiger partial charge is 0.417 e. The van der Waals surface area contributed by atoms with Crippen LogP contribution in [0.2, 0.25) is 0 Å². The van der Waals surface area contributed by atoms with Gasteiger partial charge in [-0.25, -0.2) is 0 Å². The zero-order valence-corrected chi connectivity index (χ0v) is 8.42. The van der Waals surface area contributed by atoms with Crippen molar-refractivity contribution in [2.45, 2.75) is 18.9 Å². The summed E-state index contributed by atoms with van der Waals surface area (Å²) in [5.41, 5.74) is -0.290. The number of hydrogen-bond acceptors (Lipinski definition) is 3. The van der Waals surface area contributed by atoms with E-state index in [-0.39, 0.29) is 12.7 Å². The number of nitrogens with one attached hydrogen (secondary N) is 1. The smallest absolute Gasteiger partial charge is 0.371 e. The lowest BCUT2D eigenvalue weighted by Crippen LogP contribution is -2.48. The number of ether oxygens (including phenoxy) is 1. The highest BCUT2D eigenvalue weighted by Gasteiger charge is 2.31. The van der Waals surface area contributed by atoms with E-state index in [1.54, 1.807) is 0 Å². The van der Waals surface area contributed by atoms with Gasteiger partial charge in [-0.1, -0.05) is 0 Å². The SMILES string of the molecule is FC(F)(F)c1cncc(COC2CNC2)c1. The van der Waals surface area contributed by atoms with Crippen LogP contribution in [0, 0.1) is 0 Å². The molecule has 0 bridgehead atoms. The monoisotopic (exact) mass is 232 g/mol. The molecule has 0 spiro atoms. The Morgan fingerprint density at radius 3 is 2.69 bits per heavy atom. The van der Waals surface area contributed by atoms with Crippen LogP contribution in [0.1, 0.15) is 11.1 Å². The molecule has 0 radical (unpaired) electrons. The summed E-state index contributed by atoms with van der Waals surface area (Å²) in [6, 6.07) is 1.07. The molecule has 2 heterocycles. The molecule has 3 nitrogen and oxygen atoms in total. The Kier molecular flexibility index (Phi) is 3.11. The van der Waals surface area contributed by atoms with Crippen molar-refractivity contribution in [2.24, 2.45) is 0 Å². The Hall–Kier alpha value is -1.14. The van der Waals surface area contributed by atoms with E-state index in [0.717, 1.165) is 25.4 Å². The first-order valence-electron chi connectivity index (χ1n) is 4.89. The first-order valence-corrected chi connectivity index (χ1v) is 4.89. The van der Waals surface area contributed by atoms with Crippen molar-refractivity contribution in [3.8, 4) is 0 Å². The molecule has 0 aromatic carbocycles. The molecule has 0 aliphatic carbocycles. The standard InChI is InChI=1S/C10H11F3N2O/c11-10(12,13)8-1-7(2-14-3-8)6-16-9-4-15-5-9/h1-3,9,15H,4-6H2. The van der Waals surface area contributed by atoms with Gasteiger partial charge in [0.05, 0.1) is 18.3 Å². The van der Waals surface area contributed by atoms with E-state index in [0.29, 0.717) is 5.56 Å². The number of alkyl halides is 3. The van der Waals surface area contributed by atoms with E-state index in [9.17, 15) is 13.2 Å². The quantitative estimate of drug-likeness (QED) is 0.859. The Morgan fingerprint density at radius 1 is 1.38 bits per heavy atom. The molecule has 16 heavy (non-hydrogen) atoms. The number of hydrogen-bond donors (Lipinski definition) is 1. The molecule has 2 rings (SSSR count). The molecule has 1 aliphatic heterocycles. The fourth-order valence-electron chi connectivity index (χ4n) is 1.32. The molecular formula is C10H11F3N2O. The van der Waals surface area contributed by atoms with Gasteiger partial charge in [0.1, 0.15) is 0 Å². The van der Waals surface area contributed by atoms with Crippen molar-refractivity contribution >= 4 is 0 Å². The Bertz CT molecular complexity index is 363. The molecule has 1 aromatic rings. The van der Waals surface area contributed by atoms with Crippen molar-refractivity contribution < 1.29 is 17.9 Å². The molecular weight excluding hydrogens is 221 g/mol. The minimum absolute atomic E-state index is 0.106. The third kappa shape index (κ3) is 2.70. The number of pyridine rings is 1. The zero-order chi connectivity index (χ0) is 11.6. The predicted molar refractivity (Wildman–Crippen MR) is 50.7 cm³/mol. The topological polar surface area (TPSA) is 34.1 Å². The average Bonchev–Trinajstić information content (AvgIpc) is 2.14. The van der Waals surface area contributed by atoms with E-state index >= 15 is 0 Å². The second-order valence-electron chi connectivity index (χ2n) is 3.67. The summed E-state index contributed by atoms with van der Waals surface area (Å²) < 4.78 is 42.4. The normalized spacial score (nSPS) is 17.2. The fourth-order valence-corrected chi connectivity index (χ4v) is 1.32. The van der Waals surface area contributed by atoms with Crippen molar-refractivity contribution in [1.82, 2.24) is 10.3 Å². The van der Waals surface area contributed by atoms with Gasteiger partial charge in [-0.05, 0) is 11.6 Å². The van der Waals surface area contributed by atoms with Gasteiger partial charge in [0.15, 0.2) is 0 Å². The highest BCUT2D eigenvalue weighted by molar-refractivity contribution is 5.20. The number of aromatic nitrogens is 1. The van der Waals surface area contributed by atoms with E-state index < -0.39 is 11.7 Å². The van der Waals surface area contributed by atoms with Crippen LogP contribution in [-0.2, 0) is 17.5 Å². The maximum absolute atomic E-state index is 12.4.